The maximum Gasteiger partial charge on any atom is 0.333 e. The predicted molar refractivity (Wildman–Crippen MR) is 86.3 cm³/mol. The summed E-state index contributed by atoms with van der Waals surface area (Å²) in [6, 6.07) is 9.40. The maximum atomic E-state index is 12.0. The molecule has 0 aliphatic rings. The zero-order chi connectivity index (χ0) is 14.7. The third-order valence-electron chi connectivity index (χ3n) is 2.96. The number of methoxy groups -OCH3 is 1. The van der Waals surface area contributed by atoms with Crippen LogP contribution >= 0.6 is 27.3 Å². The summed E-state index contributed by atoms with van der Waals surface area (Å²) in [5.41, 5.74) is 2.08. The normalized spacial score (nSPS) is 12.0. The summed E-state index contributed by atoms with van der Waals surface area (Å²) in [6.45, 7) is 4.04. The van der Waals surface area contributed by atoms with Crippen LogP contribution in [0.4, 0.5) is 5.69 Å². The van der Waals surface area contributed by atoms with Crippen molar-refractivity contribution < 1.29 is 9.53 Å². The number of anilines is 1. The van der Waals surface area contributed by atoms with E-state index < -0.39 is 6.04 Å². The zero-order valence-electron chi connectivity index (χ0n) is 11.6. The average Bonchev–Trinajstić information content (AvgIpc) is 2.77. The van der Waals surface area contributed by atoms with Crippen LogP contribution in [-0.4, -0.2) is 13.1 Å². The number of carbonyl (C=O) groups is 1. The lowest BCUT2D eigenvalue weighted by molar-refractivity contribution is -0.141. The average molecular weight is 354 g/mol. The number of hydrogen-bond donors (Lipinski definition) is 1. The fraction of sp³-hybridized carbons (Fsp3) is 0.267. The molecule has 2 aromatic rings. The van der Waals surface area contributed by atoms with Gasteiger partial charge in [0.05, 0.1) is 7.11 Å². The van der Waals surface area contributed by atoms with Gasteiger partial charge in [-0.1, -0.05) is 17.7 Å². The molecule has 0 saturated heterocycles. The molecular weight excluding hydrogens is 338 g/mol. The molecule has 3 nitrogen and oxygen atoms in total. The molecule has 0 saturated carbocycles. The van der Waals surface area contributed by atoms with E-state index >= 15 is 0 Å². The second-order valence-corrected chi connectivity index (χ2v) is 6.66. The summed E-state index contributed by atoms with van der Waals surface area (Å²) in [5.74, 6) is -0.292. The van der Waals surface area contributed by atoms with Crippen LogP contribution in [0.2, 0.25) is 0 Å². The lowest BCUT2D eigenvalue weighted by Crippen LogP contribution is -2.21. The topological polar surface area (TPSA) is 38.3 Å². The van der Waals surface area contributed by atoms with Crippen LogP contribution in [-0.2, 0) is 9.53 Å². The number of halogens is 1. The van der Waals surface area contributed by atoms with Gasteiger partial charge in [0.1, 0.15) is 0 Å². The largest absolute Gasteiger partial charge is 0.467 e. The van der Waals surface area contributed by atoms with E-state index in [4.69, 9.17) is 4.74 Å². The van der Waals surface area contributed by atoms with Crippen molar-refractivity contribution in [2.45, 2.75) is 19.9 Å². The van der Waals surface area contributed by atoms with Crippen molar-refractivity contribution in [2.24, 2.45) is 0 Å². The summed E-state index contributed by atoms with van der Waals surface area (Å²) < 4.78 is 5.91. The van der Waals surface area contributed by atoms with E-state index in [1.807, 2.05) is 44.2 Å². The number of aryl methyl sites for hydroxylation is 2. The lowest BCUT2D eigenvalue weighted by atomic mass is 10.2. The van der Waals surface area contributed by atoms with Crippen molar-refractivity contribution in [3.8, 4) is 0 Å². The summed E-state index contributed by atoms with van der Waals surface area (Å²) in [6.07, 6.45) is 0. The Morgan fingerprint density at radius 1 is 1.30 bits per heavy atom. The lowest BCUT2D eigenvalue weighted by Gasteiger charge is -2.16. The van der Waals surface area contributed by atoms with E-state index in [-0.39, 0.29) is 5.97 Å². The standard InChI is InChI=1S/C15H16BrNO2S/c1-9-4-6-11(7-5-9)17-14(15(18)19-3)13-8-12(16)10(2)20-13/h4-8,14,17H,1-3H3. The summed E-state index contributed by atoms with van der Waals surface area (Å²) in [5, 5.41) is 3.23. The number of ether oxygens (including phenoxy) is 1. The highest BCUT2D eigenvalue weighted by Gasteiger charge is 2.24. The minimum atomic E-state index is -0.488. The van der Waals surface area contributed by atoms with E-state index in [0.29, 0.717) is 0 Å². The molecule has 5 heteroatoms. The predicted octanol–water partition coefficient (Wildman–Crippen LogP) is 4.45. The van der Waals surface area contributed by atoms with Crippen LogP contribution < -0.4 is 5.32 Å². The van der Waals surface area contributed by atoms with Gasteiger partial charge in [-0.05, 0) is 48.0 Å². The minimum Gasteiger partial charge on any atom is -0.467 e. The smallest absolute Gasteiger partial charge is 0.333 e. The quantitative estimate of drug-likeness (QED) is 0.825. The summed E-state index contributed by atoms with van der Waals surface area (Å²) >= 11 is 5.06. The minimum absolute atomic E-state index is 0.292. The molecule has 1 heterocycles. The van der Waals surface area contributed by atoms with Crippen LogP contribution in [0.3, 0.4) is 0 Å². The number of benzene rings is 1. The van der Waals surface area contributed by atoms with E-state index in [9.17, 15) is 4.79 Å². The van der Waals surface area contributed by atoms with E-state index in [1.165, 1.54) is 12.7 Å². The van der Waals surface area contributed by atoms with Gasteiger partial charge in [0.25, 0.3) is 0 Å². The molecule has 1 atom stereocenters. The molecule has 0 bridgehead atoms. The zero-order valence-corrected chi connectivity index (χ0v) is 14.0. The molecule has 0 fully saturated rings. The van der Waals surface area contributed by atoms with Crippen LogP contribution in [0, 0.1) is 13.8 Å². The van der Waals surface area contributed by atoms with Gasteiger partial charge in [-0.15, -0.1) is 11.3 Å². The Morgan fingerprint density at radius 3 is 2.45 bits per heavy atom. The number of thiophene rings is 1. The molecule has 106 valence electrons. The fourth-order valence-corrected chi connectivity index (χ4v) is 3.41. The summed E-state index contributed by atoms with van der Waals surface area (Å²) in [4.78, 5) is 14.1. The number of carbonyl (C=O) groups excluding carboxylic acids is 1. The van der Waals surface area contributed by atoms with Gasteiger partial charge in [-0.2, -0.15) is 0 Å². The molecule has 0 radical (unpaired) electrons. The number of esters is 1. The van der Waals surface area contributed by atoms with Crippen LogP contribution in [0.15, 0.2) is 34.8 Å². The summed E-state index contributed by atoms with van der Waals surface area (Å²) in [7, 11) is 1.40. The molecule has 1 aromatic heterocycles. The third-order valence-corrected chi connectivity index (χ3v) is 5.16. The second kappa shape index (κ2) is 6.41. The van der Waals surface area contributed by atoms with Gasteiger partial charge in [0.2, 0.25) is 0 Å². The van der Waals surface area contributed by atoms with Crippen LogP contribution in [0.25, 0.3) is 0 Å². The van der Waals surface area contributed by atoms with Crippen LogP contribution in [0.1, 0.15) is 21.4 Å². The Balaban J connectivity index is 2.28. The Bertz CT molecular complexity index is 587. The Kier molecular flexibility index (Phi) is 4.83. The van der Waals surface area contributed by atoms with E-state index in [1.54, 1.807) is 11.3 Å². The fourth-order valence-electron chi connectivity index (χ4n) is 1.80. The van der Waals surface area contributed by atoms with Crippen molar-refractivity contribution >= 4 is 38.9 Å². The Hall–Kier alpha value is -1.33. The molecule has 1 N–H and O–H groups in total. The molecule has 1 aromatic carbocycles. The number of nitrogens with one attached hydrogen (secondary N) is 1. The van der Waals surface area contributed by atoms with Crippen molar-refractivity contribution in [3.05, 3.63) is 50.1 Å². The highest BCUT2D eigenvalue weighted by atomic mass is 79.9. The van der Waals surface area contributed by atoms with Crippen molar-refractivity contribution in [3.63, 3.8) is 0 Å². The molecular formula is C15H16BrNO2S. The monoisotopic (exact) mass is 353 g/mol. The first-order valence-corrected chi connectivity index (χ1v) is 7.79. The second-order valence-electron chi connectivity index (χ2n) is 4.52. The van der Waals surface area contributed by atoms with Gasteiger partial charge in [0, 0.05) is 19.9 Å². The van der Waals surface area contributed by atoms with Gasteiger partial charge in [-0.3, -0.25) is 0 Å². The first-order valence-electron chi connectivity index (χ1n) is 6.18. The third kappa shape index (κ3) is 3.41. The Labute approximate surface area is 131 Å². The molecule has 1 unspecified atom stereocenters. The molecule has 2 rings (SSSR count). The van der Waals surface area contributed by atoms with Gasteiger partial charge >= 0.3 is 5.97 Å². The van der Waals surface area contributed by atoms with Gasteiger partial charge in [-0.25, -0.2) is 4.79 Å². The molecule has 20 heavy (non-hydrogen) atoms. The molecule has 0 spiro atoms. The highest BCUT2D eigenvalue weighted by Crippen LogP contribution is 2.33. The van der Waals surface area contributed by atoms with Crippen molar-refractivity contribution in [1.82, 2.24) is 0 Å². The van der Waals surface area contributed by atoms with Crippen LogP contribution in [0.5, 0.6) is 0 Å². The molecule has 0 aliphatic heterocycles. The highest BCUT2D eigenvalue weighted by molar-refractivity contribution is 9.10. The SMILES string of the molecule is COC(=O)C(Nc1ccc(C)cc1)c1cc(Br)c(C)s1. The molecule has 0 aliphatic carbocycles. The molecule has 0 amide bonds. The first kappa shape index (κ1) is 15.1. The van der Waals surface area contributed by atoms with Gasteiger partial charge in [0.15, 0.2) is 6.04 Å². The Morgan fingerprint density at radius 2 is 1.95 bits per heavy atom. The van der Waals surface area contributed by atoms with E-state index in [2.05, 4.69) is 21.2 Å². The maximum absolute atomic E-state index is 12.0. The van der Waals surface area contributed by atoms with Crippen molar-refractivity contribution in [1.29, 1.82) is 0 Å². The number of hydrogen-bond acceptors (Lipinski definition) is 4. The first-order chi connectivity index (χ1) is 9.51. The van der Waals surface area contributed by atoms with Crippen molar-refractivity contribution in [2.75, 3.05) is 12.4 Å². The van der Waals surface area contributed by atoms with E-state index in [0.717, 1.165) is 19.9 Å². The number of rotatable bonds is 4. The van der Waals surface area contributed by atoms with Gasteiger partial charge < -0.3 is 10.1 Å².